The lowest BCUT2D eigenvalue weighted by Gasteiger charge is -2.19. The Kier molecular flexibility index (Phi) is 7.76. The largest absolute Gasteiger partial charge is 0.382 e. The van der Waals surface area contributed by atoms with Gasteiger partial charge in [-0.1, -0.05) is 6.92 Å². The molecule has 0 saturated carbocycles. The van der Waals surface area contributed by atoms with Crippen LogP contribution in [0.15, 0.2) is 0 Å². The molecule has 0 spiro atoms. The van der Waals surface area contributed by atoms with Gasteiger partial charge in [-0.2, -0.15) is 0 Å². The molecule has 4 nitrogen and oxygen atoms in total. The van der Waals surface area contributed by atoms with Crippen molar-refractivity contribution in [1.29, 1.82) is 0 Å². The lowest BCUT2D eigenvalue weighted by Crippen LogP contribution is -2.32. The molecule has 1 saturated heterocycles. The summed E-state index contributed by atoms with van der Waals surface area (Å²) in [4.78, 5) is 2.48. The van der Waals surface area contributed by atoms with E-state index in [1.165, 1.54) is 19.4 Å². The molecule has 0 aromatic carbocycles. The summed E-state index contributed by atoms with van der Waals surface area (Å²) in [5.74, 6) is 0. The molecule has 0 aliphatic carbocycles. The first kappa shape index (κ1) is 13.9. The Balaban J connectivity index is 2.03. The predicted octanol–water partition coefficient (Wildman–Crippen LogP) is 0.723. The van der Waals surface area contributed by atoms with Crippen LogP contribution in [0.1, 0.15) is 19.8 Å². The molecule has 1 unspecified atom stereocenters. The van der Waals surface area contributed by atoms with Crippen molar-refractivity contribution in [2.45, 2.75) is 25.8 Å². The zero-order valence-corrected chi connectivity index (χ0v) is 10.7. The Morgan fingerprint density at radius 2 is 2.12 bits per heavy atom. The van der Waals surface area contributed by atoms with Gasteiger partial charge in [0.25, 0.3) is 0 Å². The van der Waals surface area contributed by atoms with E-state index >= 15 is 0 Å². The van der Waals surface area contributed by atoms with Gasteiger partial charge < -0.3 is 14.8 Å². The second-order valence-electron chi connectivity index (χ2n) is 4.29. The zero-order chi connectivity index (χ0) is 11.6. The van der Waals surface area contributed by atoms with Gasteiger partial charge >= 0.3 is 0 Å². The van der Waals surface area contributed by atoms with Crippen LogP contribution in [0.2, 0.25) is 0 Å². The summed E-state index contributed by atoms with van der Waals surface area (Å²) >= 11 is 0. The summed E-state index contributed by atoms with van der Waals surface area (Å²) in [6.45, 7) is 8.96. The minimum absolute atomic E-state index is 0.694. The summed E-state index contributed by atoms with van der Waals surface area (Å²) in [5, 5.41) is 3.57. The third-order valence-corrected chi connectivity index (χ3v) is 3.13. The lowest BCUT2D eigenvalue weighted by molar-refractivity contribution is 0.0580. The van der Waals surface area contributed by atoms with Gasteiger partial charge in [0.15, 0.2) is 0 Å². The van der Waals surface area contributed by atoms with Crippen LogP contribution in [0, 0.1) is 0 Å². The average molecular weight is 230 g/mol. The lowest BCUT2D eigenvalue weighted by atomic mass is 10.1. The number of methoxy groups -OCH3 is 1. The van der Waals surface area contributed by atoms with E-state index in [1.54, 1.807) is 7.11 Å². The van der Waals surface area contributed by atoms with Crippen LogP contribution < -0.4 is 5.32 Å². The van der Waals surface area contributed by atoms with Gasteiger partial charge in [-0.15, -0.1) is 0 Å². The Bertz CT molecular complexity index is 167. The Hall–Kier alpha value is -0.160. The number of nitrogens with zero attached hydrogens (tertiary/aromatic N) is 1. The highest BCUT2D eigenvalue weighted by atomic mass is 16.5. The molecule has 96 valence electrons. The monoisotopic (exact) mass is 230 g/mol. The van der Waals surface area contributed by atoms with Gasteiger partial charge in [0.1, 0.15) is 0 Å². The minimum Gasteiger partial charge on any atom is -0.382 e. The molecule has 0 amide bonds. The molecule has 0 aromatic heterocycles. The van der Waals surface area contributed by atoms with Gasteiger partial charge in [0.05, 0.1) is 19.8 Å². The molecule has 1 aliphatic rings. The van der Waals surface area contributed by atoms with Crippen LogP contribution in [0.5, 0.6) is 0 Å². The number of ether oxygens (including phenoxy) is 2. The SMILES string of the molecule is CCC1CCN(CCOCCOC)CCN1. The van der Waals surface area contributed by atoms with E-state index in [2.05, 4.69) is 17.1 Å². The Labute approximate surface area is 99.3 Å². The van der Waals surface area contributed by atoms with Crippen molar-refractivity contribution >= 4 is 0 Å². The molecular weight excluding hydrogens is 204 g/mol. The second kappa shape index (κ2) is 8.93. The summed E-state index contributed by atoms with van der Waals surface area (Å²) in [7, 11) is 1.70. The topological polar surface area (TPSA) is 33.7 Å². The zero-order valence-electron chi connectivity index (χ0n) is 10.7. The Morgan fingerprint density at radius 3 is 2.88 bits per heavy atom. The maximum atomic E-state index is 5.48. The smallest absolute Gasteiger partial charge is 0.0700 e. The van der Waals surface area contributed by atoms with E-state index in [1.807, 2.05) is 0 Å². The minimum atomic E-state index is 0.694. The molecular formula is C12H26N2O2. The van der Waals surface area contributed by atoms with E-state index in [0.717, 1.165) is 26.2 Å². The van der Waals surface area contributed by atoms with Crippen molar-refractivity contribution in [2.75, 3.05) is 53.1 Å². The molecule has 0 bridgehead atoms. The van der Waals surface area contributed by atoms with Gasteiger partial charge in [0, 0.05) is 32.8 Å². The number of hydrogen-bond donors (Lipinski definition) is 1. The van der Waals surface area contributed by atoms with Crippen LogP contribution in [0.25, 0.3) is 0 Å². The van der Waals surface area contributed by atoms with E-state index in [-0.39, 0.29) is 0 Å². The summed E-state index contributed by atoms with van der Waals surface area (Å²) in [6, 6.07) is 0.708. The summed E-state index contributed by atoms with van der Waals surface area (Å²) < 4.78 is 10.4. The number of rotatable bonds is 7. The fraction of sp³-hybridized carbons (Fsp3) is 1.00. The maximum Gasteiger partial charge on any atom is 0.0700 e. The van der Waals surface area contributed by atoms with Gasteiger partial charge in [-0.25, -0.2) is 0 Å². The molecule has 1 heterocycles. The highest BCUT2D eigenvalue weighted by Crippen LogP contribution is 2.04. The molecule has 1 N–H and O–H groups in total. The third-order valence-electron chi connectivity index (χ3n) is 3.13. The van der Waals surface area contributed by atoms with Crippen molar-refractivity contribution in [3.63, 3.8) is 0 Å². The van der Waals surface area contributed by atoms with Gasteiger partial charge in [0.2, 0.25) is 0 Å². The van der Waals surface area contributed by atoms with Crippen LogP contribution >= 0.6 is 0 Å². The highest BCUT2D eigenvalue weighted by Gasteiger charge is 2.14. The normalized spacial score (nSPS) is 23.2. The van der Waals surface area contributed by atoms with E-state index in [9.17, 15) is 0 Å². The molecule has 1 atom stereocenters. The molecule has 1 fully saturated rings. The van der Waals surface area contributed by atoms with Crippen molar-refractivity contribution in [1.82, 2.24) is 10.2 Å². The first-order valence-corrected chi connectivity index (χ1v) is 6.39. The maximum absolute atomic E-state index is 5.48. The molecule has 4 heteroatoms. The van der Waals surface area contributed by atoms with E-state index in [4.69, 9.17) is 9.47 Å². The second-order valence-corrected chi connectivity index (χ2v) is 4.29. The van der Waals surface area contributed by atoms with Crippen LogP contribution in [0.4, 0.5) is 0 Å². The summed E-state index contributed by atoms with van der Waals surface area (Å²) in [6.07, 6.45) is 2.49. The fourth-order valence-electron chi connectivity index (χ4n) is 1.99. The standard InChI is InChI=1S/C12H26N2O2/c1-3-12-4-6-14(7-5-13-12)8-9-16-11-10-15-2/h12-13H,3-11H2,1-2H3. The number of hydrogen-bond acceptors (Lipinski definition) is 4. The fourth-order valence-corrected chi connectivity index (χ4v) is 1.99. The van der Waals surface area contributed by atoms with Gasteiger partial charge in [-0.3, -0.25) is 4.90 Å². The summed E-state index contributed by atoms with van der Waals surface area (Å²) in [5.41, 5.74) is 0. The third kappa shape index (κ3) is 5.80. The van der Waals surface area contributed by atoms with Gasteiger partial charge in [-0.05, 0) is 19.4 Å². The molecule has 1 rings (SSSR count). The van der Waals surface area contributed by atoms with Crippen molar-refractivity contribution in [2.24, 2.45) is 0 Å². The molecule has 0 aromatic rings. The van der Waals surface area contributed by atoms with Crippen molar-refractivity contribution in [3.8, 4) is 0 Å². The van der Waals surface area contributed by atoms with E-state index in [0.29, 0.717) is 19.3 Å². The molecule has 1 aliphatic heterocycles. The van der Waals surface area contributed by atoms with Crippen molar-refractivity contribution < 1.29 is 9.47 Å². The quantitative estimate of drug-likeness (QED) is 0.654. The highest BCUT2D eigenvalue weighted by molar-refractivity contribution is 4.73. The first-order valence-electron chi connectivity index (χ1n) is 6.39. The Morgan fingerprint density at radius 1 is 1.25 bits per heavy atom. The van der Waals surface area contributed by atoms with Crippen LogP contribution in [-0.2, 0) is 9.47 Å². The molecule has 0 radical (unpaired) electrons. The van der Waals surface area contributed by atoms with E-state index < -0.39 is 0 Å². The number of nitrogens with one attached hydrogen (secondary N) is 1. The van der Waals surface area contributed by atoms with Crippen LogP contribution in [-0.4, -0.2) is 64.1 Å². The predicted molar refractivity (Wildman–Crippen MR) is 65.8 cm³/mol. The van der Waals surface area contributed by atoms with Crippen LogP contribution in [0.3, 0.4) is 0 Å². The first-order chi connectivity index (χ1) is 7.86. The van der Waals surface area contributed by atoms with Crippen molar-refractivity contribution in [3.05, 3.63) is 0 Å². The average Bonchev–Trinajstić information content (AvgIpc) is 2.54. The molecule has 16 heavy (non-hydrogen) atoms.